The van der Waals surface area contributed by atoms with Gasteiger partial charge < -0.3 is 20.3 Å². The second-order valence-corrected chi connectivity index (χ2v) is 11.0. The number of carbonyl (C=O) groups is 3. The number of rotatable bonds is 5. The highest BCUT2D eigenvalue weighted by atomic mass is 19.1. The number of amides is 1. The van der Waals surface area contributed by atoms with Crippen LogP contribution in [-0.2, 0) is 14.3 Å². The first-order chi connectivity index (χ1) is 15.9. The average molecular weight is 478 g/mol. The Bertz CT molecular complexity index is 963. The number of nitrogens with one attached hydrogen (secondary N) is 1. The lowest BCUT2D eigenvalue weighted by molar-refractivity contribution is -0.219. The molecule has 4 aliphatic carbocycles. The molecule has 3 N–H and O–H groups in total. The van der Waals surface area contributed by atoms with E-state index in [4.69, 9.17) is 4.74 Å². The molecule has 0 aromatic heterocycles. The Balaban J connectivity index is 1.80. The maximum absolute atomic E-state index is 17.2. The second-order valence-electron chi connectivity index (χ2n) is 11.0. The third-order valence-electron chi connectivity index (χ3n) is 9.51. The van der Waals surface area contributed by atoms with Crippen molar-refractivity contribution in [2.24, 2.45) is 28.6 Å². The molecule has 0 unspecified atom stereocenters. The van der Waals surface area contributed by atoms with Crippen molar-refractivity contribution < 1.29 is 33.7 Å². The van der Waals surface area contributed by atoms with Crippen molar-refractivity contribution in [2.75, 3.05) is 13.2 Å². The predicted octanol–water partition coefficient (Wildman–Crippen LogP) is 3.04. The molecule has 0 bridgehead atoms. The highest BCUT2D eigenvalue weighted by Crippen LogP contribution is 2.71. The zero-order valence-corrected chi connectivity index (χ0v) is 20.4. The fraction of sp³-hybridized carbons (Fsp3) is 0.731. The first-order valence-corrected chi connectivity index (χ1v) is 12.3. The highest BCUT2D eigenvalue weighted by molar-refractivity contribution is 6.01. The largest absolute Gasteiger partial charge is 0.434 e. The Morgan fingerprint density at radius 2 is 2.00 bits per heavy atom. The number of fused-ring (bicyclic) bond motifs is 5. The van der Waals surface area contributed by atoms with Crippen LogP contribution in [0.25, 0.3) is 0 Å². The number of allylic oxidation sites excluding steroid dienone is 4. The molecule has 188 valence electrons. The molecule has 0 aliphatic heterocycles. The summed E-state index contributed by atoms with van der Waals surface area (Å²) in [7, 11) is 0. The Kier molecular flexibility index (Phi) is 6.09. The molecular weight excluding hydrogens is 441 g/mol. The number of carbonyl (C=O) groups excluding carboxylic acids is 3. The molecule has 0 heterocycles. The molecule has 0 radical (unpaired) electrons. The van der Waals surface area contributed by atoms with Gasteiger partial charge in [0.05, 0.1) is 6.10 Å². The number of aliphatic hydroxyl groups excluding tert-OH is 2. The maximum Gasteiger partial charge on any atom is 0.408 e. The fourth-order valence-electron chi connectivity index (χ4n) is 7.93. The minimum Gasteiger partial charge on any atom is -0.434 e. The monoisotopic (exact) mass is 477 g/mol. The first-order valence-electron chi connectivity index (χ1n) is 12.3. The van der Waals surface area contributed by atoms with Crippen LogP contribution < -0.4 is 5.32 Å². The zero-order valence-electron chi connectivity index (χ0n) is 20.4. The molecule has 8 heteroatoms. The first kappa shape index (κ1) is 25.0. The number of hydrogen-bond acceptors (Lipinski definition) is 6. The Hall–Kier alpha value is -2.06. The van der Waals surface area contributed by atoms with E-state index < -0.39 is 58.5 Å². The number of ether oxygens (including phenoxy) is 1. The minimum absolute atomic E-state index is 0.105. The quantitative estimate of drug-likeness (QED) is 0.561. The topological polar surface area (TPSA) is 113 Å². The van der Waals surface area contributed by atoms with Crippen molar-refractivity contribution in [3.63, 3.8) is 0 Å². The molecule has 0 saturated heterocycles. The highest BCUT2D eigenvalue weighted by Gasteiger charge is 2.77. The van der Waals surface area contributed by atoms with Gasteiger partial charge in [0.1, 0.15) is 6.61 Å². The van der Waals surface area contributed by atoms with Crippen LogP contribution in [0.4, 0.5) is 9.18 Å². The number of alkyl halides is 1. The van der Waals surface area contributed by atoms with Crippen LogP contribution in [0.1, 0.15) is 59.8 Å². The van der Waals surface area contributed by atoms with Gasteiger partial charge in [0.2, 0.25) is 5.78 Å². The van der Waals surface area contributed by atoms with E-state index in [0.29, 0.717) is 37.8 Å². The number of halogens is 1. The molecule has 1 amide bonds. The summed E-state index contributed by atoms with van der Waals surface area (Å²) >= 11 is 0. The van der Waals surface area contributed by atoms with Crippen LogP contribution in [0.15, 0.2) is 23.8 Å². The molecule has 0 spiro atoms. The van der Waals surface area contributed by atoms with Gasteiger partial charge in [-0.25, -0.2) is 9.18 Å². The standard InChI is InChI=1S/C26H36FNO6/c1-5-10-28-22(33)34-26(21(32)14-29)15(2)11-19-18-7-6-16-12-17(30)8-9-23(16,3)25(18,27)20(31)13-24(19,26)4/h8-9,12,15,18-20,29,31H,5-7,10-11,13-14H2,1-4H3,(H,28,33)/t15-,18-,19-,20-,23-,24-,25-,26-/m0/s1. The summed E-state index contributed by atoms with van der Waals surface area (Å²) in [6.45, 7) is 6.77. The van der Waals surface area contributed by atoms with E-state index in [1.54, 1.807) is 26.8 Å². The lowest BCUT2D eigenvalue weighted by atomic mass is 9.44. The summed E-state index contributed by atoms with van der Waals surface area (Å²) in [6.07, 6.45) is 4.15. The van der Waals surface area contributed by atoms with E-state index in [0.717, 1.165) is 0 Å². The SMILES string of the molecule is CCCNC(=O)O[C@]1(C(=O)CO)[C@@H](C)C[C@H]2[C@@H]3CCC4=CC(=O)C=C[C@]4(C)[C@@]3(F)[C@@H](O)C[C@@]21C. The third-order valence-corrected chi connectivity index (χ3v) is 9.51. The van der Waals surface area contributed by atoms with Crippen molar-refractivity contribution in [3.8, 4) is 0 Å². The van der Waals surface area contributed by atoms with E-state index in [1.807, 2.05) is 6.92 Å². The summed E-state index contributed by atoms with van der Waals surface area (Å²) in [5.74, 6) is -2.26. The van der Waals surface area contributed by atoms with Crippen LogP contribution in [-0.4, -0.2) is 58.4 Å². The van der Waals surface area contributed by atoms with Gasteiger partial charge in [-0.05, 0) is 57.1 Å². The van der Waals surface area contributed by atoms with Crippen molar-refractivity contribution in [1.29, 1.82) is 0 Å². The molecule has 7 nitrogen and oxygen atoms in total. The Morgan fingerprint density at radius 1 is 1.29 bits per heavy atom. The van der Waals surface area contributed by atoms with Gasteiger partial charge in [-0.15, -0.1) is 0 Å². The summed E-state index contributed by atoms with van der Waals surface area (Å²) in [5, 5.41) is 24.0. The van der Waals surface area contributed by atoms with E-state index in [-0.39, 0.29) is 18.1 Å². The molecule has 4 aliphatic rings. The summed E-state index contributed by atoms with van der Waals surface area (Å²) < 4.78 is 23.1. The molecular formula is C26H36FNO6. The van der Waals surface area contributed by atoms with Crippen LogP contribution >= 0.6 is 0 Å². The number of alkyl carbamates (subject to hydrolysis) is 1. The molecule has 0 aromatic rings. The van der Waals surface area contributed by atoms with E-state index in [2.05, 4.69) is 5.32 Å². The maximum atomic E-state index is 17.2. The van der Waals surface area contributed by atoms with Crippen molar-refractivity contribution in [3.05, 3.63) is 23.8 Å². The smallest absolute Gasteiger partial charge is 0.408 e. The summed E-state index contributed by atoms with van der Waals surface area (Å²) in [4.78, 5) is 38.0. The van der Waals surface area contributed by atoms with Crippen LogP contribution in [0.2, 0.25) is 0 Å². The van der Waals surface area contributed by atoms with Crippen molar-refractivity contribution >= 4 is 17.7 Å². The van der Waals surface area contributed by atoms with Crippen molar-refractivity contribution in [1.82, 2.24) is 5.32 Å². The minimum atomic E-state index is -2.04. The molecule has 34 heavy (non-hydrogen) atoms. The third kappa shape index (κ3) is 3.03. The number of aliphatic hydroxyl groups is 2. The lowest BCUT2D eigenvalue weighted by Crippen LogP contribution is -2.70. The lowest BCUT2D eigenvalue weighted by Gasteiger charge is -2.62. The summed E-state index contributed by atoms with van der Waals surface area (Å²) in [6, 6.07) is 0. The van der Waals surface area contributed by atoms with Crippen LogP contribution in [0.5, 0.6) is 0 Å². The molecule has 3 saturated carbocycles. The van der Waals surface area contributed by atoms with E-state index >= 15 is 4.39 Å². The van der Waals surface area contributed by atoms with Crippen molar-refractivity contribution in [2.45, 2.75) is 77.2 Å². The zero-order chi connectivity index (χ0) is 25.1. The van der Waals surface area contributed by atoms with Gasteiger partial charge >= 0.3 is 6.09 Å². The van der Waals surface area contributed by atoms with E-state index in [1.165, 1.54) is 12.2 Å². The molecule has 3 fully saturated rings. The number of hydrogen-bond donors (Lipinski definition) is 3. The van der Waals surface area contributed by atoms with Gasteiger partial charge in [0.25, 0.3) is 0 Å². The number of ketones is 2. The Morgan fingerprint density at radius 3 is 2.65 bits per heavy atom. The van der Waals surface area contributed by atoms with Gasteiger partial charge in [0.15, 0.2) is 17.1 Å². The van der Waals surface area contributed by atoms with E-state index in [9.17, 15) is 24.6 Å². The molecule has 8 atom stereocenters. The van der Waals surface area contributed by atoms with Gasteiger partial charge in [-0.3, -0.25) is 9.59 Å². The molecule has 0 aromatic carbocycles. The average Bonchev–Trinajstić information content (AvgIpc) is 3.00. The van der Waals surface area contributed by atoms with Crippen LogP contribution in [0.3, 0.4) is 0 Å². The predicted molar refractivity (Wildman–Crippen MR) is 123 cm³/mol. The van der Waals surface area contributed by atoms with Gasteiger partial charge in [0, 0.05) is 29.2 Å². The Labute approximate surface area is 199 Å². The van der Waals surface area contributed by atoms with Crippen LogP contribution in [0, 0.1) is 28.6 Å². The van der Waals surface area contributed by atoms with Gasteiger partial charge in [-0.1, -0.05) is 32.4 Å². The number of Topliss-reactive ketones (excluding diaryl/α,β-unsaturated/α-hetero) is 1. The normalized spacial score (nSPS) is 45.0. The summed E-state index contributed by atoms with van der Waals surface area (Å²) in [5.41, 5.74) is -5.25. The second kappa shape index (κ2) is 8.26. The fourth-order valence-corrected chi connectivity index (χ4v) is 7.93. The van der Waals surface area contributed by atoms with Gasteiger partial charge in [-0.2, -0.15) is 0 Å². The molecule has 4 rings (SSSR count).